The summed E-state index contributed by atoms with van der Waals surface area (Å²) in [6.07, 6.45) is 2.93. The van der Waals surface area contributed by atoms with Gasteiger partial charge in [0.05, 0.1) is 13.0 Å². The number of halogens is 1. The molecule has 1 saturated carbocycles. The SMILES string of the molecule is CCC(CC1CC1C(=O)OC)c1ccc(F)c(C)c1. The number of ether oxygens (including phenoxy) is 1. The highest BCUT2D eigenvalue weighted by molar-refractivity contribution is 5.75. The lowest BCUT2D eigenvalue weighted by atomic mass is 9.90. The van der Waals surface area contributed by atoms with Crippen molar-refractivity contribution in [3.05, 3.63) is 35.1 Å². The van der Waals surface area contributed by atoms with Crippen molar-refractivity contribution in [3.63, 3.8) is 0 Å². The van der Waals surface area contributed by atoms with Gasteiger partial charge in [-0.3, -0.25) is 4.79 Å². The van der Waals surface area contributed by atoms with Gasteiger partial charge in [-0.25, -0.2) is 4.39 Å². The van der Waals surface area contributed by atoms with Crippen molar-refractivity contribution in [2.75, 3.05) is 7.11 Å². The van der Waals surface area contributed by atoms with E-state index in [2.05, 4.69) is 6.92 Å². The molecule has 0 aliphatic heterocycles. The van der Waals surface area contributed by atoms with Crippen molar-refractivity contribution in [3.8, 4) is 0 Å². The fourth-order valence-corrected chi connectivity index (χ4v) is 2.77. The van der Waals surface area contributed by atoms with Crippen molar-refractivity contribution in [2.24, 2.45) is 11.8 Å². The first-order chi connectivity index (χ1) is 9.06. The van der Waals surface area contributed by atoms with E-state index in [4.69, 9.17) is 4.74 Å². The van der Waals surface area contributed by atoms with Crippen LogP contribution in [0.1, 0.15) is 43.2 Å². The summed E-state index contributed by atoms with van der Waals surface area (Å²) >= 11 is 0. The van der Waals surface area contributed by atoms with Gasteiger partial charge in [0.15, 0.2) is 0 Å². The molecule has 0 heterocycles. The van der Waals surface area contributed by atoms with Gasteiger partial charge < -0.3 is 4.74 Å². The van der Waals surface area contributed by atoms with Gasteiger partial charge in [-0.2, -0.15) is 0 Å². The van der Waals surface area contributed by atoms with Crippen LogP contribution in [0, 0.1) is 24.6 Å². The molecule has 2 nitrogen and oxygen atoms in total. The van der Waals surface area contributed by atoms with Gasteiger partial charge in [0.1, 0.15) is 5.82 Å². The van der Waals surface area contributed by atoms with Gasteiger partial charge in [0.2, 0.25) is 0 Å². The maximum atomic E-state index is 13.3. The van der Waals surface area contributed by atoms with E-state index in [1.54, 1.807) is 6.92 Å². The number of methoxy groups -OCH3 is 1. The Hall–Kier alpha value is -1.38. The highest BCUT2D eigenvalue weighted by atomic mass is 19.1. The summed E-state index contributed by atoms with van der Waals surface area (Å²) in [4.78, 5) is 11.4. The molecule has 2 rings (SSSR count). The molecule has 1 aromatic carbocycles. The highest BCUT2D eigenvalue weighted by Gasteiger charge is 2.44. The molecule has 104 valence electrons. The van der Waals surface area contributed by atoms with Gasteiger partial charge in [-0.1, -0.05) is 19.1 Å². The molecule has 0 amide bonds. The number of benzene rings is 1. The summed E-state index contributed by atoms with van der Waals surface area (Å²) in [5.74, 6) is 0.676. The van der Waals surface area contributed by atoms with Crippen molar-refractivity contribution < 1.29 is 13.9 Å². The van der Waals surface area contributed by atoms with Crippen LogP contribution in [0.2, 0.25) is 0 Å². The van der Waals surface area contributed by atoms with Crippen molar-refractivity contribution >= 4 is 5.97 Å². The summed E-state index contributed by atoms with van der Waals surface area (Å²) in [5.41, 5.74) is 1.87. The van der Waals surface area contributed by atoms with E-state index >= 15 is 0 Å². The quantitative estimate of drug-likeness (QED) is 0.756. The Balaban J connectivity index is 2.01. The Kier molecular flexibility index (Phi) is 4.23. The second-order valence-electron chi connectivity index (χ2n) is 5.47. The summed E-state index contributed by atoms with van der Waals surface area (Å²) in [7, 11) is 1.44. The predicted molar refractivity (Wildman–Crippen MR) is 72.4 cm³/mol. The summed E-state index contributed by atoms with van der Waals surface area (Å²) in [5, 5.41) is 0. The fourth-order valence-electron chi connectivity index (χ4n) is 2.77. The molecule has 19 heavy (non-hydrogen) atoms. The van der Waals surface area contributed by atoms with Crippen LogP contribution in [-0.4, -0.2) is 13.1 Å². The first kappa shape index (κ1) is 14.0. The zero-order valence-electron chi connectivity index (χ0n) is 11.8. The molecule has 0 radical (unpaired) electrons. The molecular weight excluding hydrogens is 243 g/mol. The Bertz CT molecular complexity index is 470. The number of hydrogen-bond acceptors (Lipinski definition) is 2. The second-order valence-corrected chi connectivity index (χ2v) is 5.47. The van der Waals surface area contributed by atoms with E-state index in [0.29, 0.717) is 17.4 Å². The molecule has 0 saturated heterocycles. The third kappa shape index (κ3) is 3.14. The van der Waals surface area contributed by atoms with Crippen LogP contribution >= 0.6 is 0 Å². The van der Waals surface area contributed by atoms with Gasteiger partial charge in [0, 0.05) is 0 Å². The molecule has 3 heteroatoms. The minimum absolute atomic E-state index is 0.0839. The number of carbonyl (C=O) groups is 1. The molecule has 3 atom stereocenters. The number of aryl methyl sites for hydroxylation is 1. The summed E-state index contributed by atoms with van der Waals surface area (Å²) in [6, 6.07) is 5.34. The zero-order chi connectivity index (χ0) is 14.0. The molecule has 1 aromatic rings. The maximum absolute atomic E-state index is 13.3. The van der Waals surface area contributed by atoms with E-state index in [9.17, 15) is 9.18 Å². The molecule has 0 bridgehead atoms. The minimum atomic E-state index is -0.155. The molecule has 0 spiro atoms. The molecule has 3 unspecified atom stereocenters. The van der Waals surface area contributed by atoms with Gasteiger partial charge in [0.25, 0.3) is 0 Å². The van der Waals surface area contributed by atoms with E-state index in [-0.39, 0.29) is 17.7 Å². The standard InChI is InChI=1S/C16H21FO2/c1-4-11(8-13-9-14(13)16(18)19-3)12-5-6-15(17)10(2)7-12/h5-7,11,13-14H,4,8-9H2,1-3H3. The van der Waals surface area contributed by atoms with E-state index in [1.807, 2.05) is 12.1 Å². The van der Waals surface area contributed by atoms with Crippen LogP contribution in [-0.2, 0) is 9.53 Å². The second kappa shape index (κ2) is 5.72. The Morgan fingerprint density at radius 1 is 1.53 bits per heavy atom. The summed E-state index contributed by atoms with van der Waals surface area (Å²) in [6.45, 7) is 3.93. The minimum Gasteiger partial charge on any atom is -0.469 e. The lowest BCUT2D eigenvalue weighted by Gasteiger charge is -2.16. The summed E-state index contributed by atoms with van der Waals surface area (Å²) < 4.78 is 18.1. The fraction of sp³-hybridized carbons (Fsp3) is 0.562. The monoisotopic (exact) mass is 264 g/mol. The van der Waals surface area contributed by atoms with Crippen molar-refractivity contribution in [2.45, 2.75) is 39.0 Å². The predicted octanol–water partition coefficient (Wildman–Crippen LogP) is 3.83. The lowest BCUT2D eigenvalue weighted by molar-refractivity contribution is -0.142. The van der Waals surface area contributed by atoms with Crippen molar-refractivity contribution in [1.82, 2.24) is 0 Å². The smallest absolute Gasteiger partial charge is 0.308 e. The van der Waals surface area contributed by atoms with Gasteiger partial charge in [-0.05, 0) is 55.2 Å². The van der Waals surface area contributed by atoms with Crippen molar-refractivity contribution in [1.29, 1.82) is 0 Å². The van der Waals surface area contributed by atoms with Gasteiger partial charge >= 0.3 is 5.97 Å². The van der Waals surface area contributed by atoms with E-state index in [1.165, 1.54) is 18.7 Å². The van der Waals surface area contributed by atoms with Crippen LogP contribution in [0.25, 0.3) is 0 Å². The lowest BCUT2D eigenvalue weighted by Crippen LogP contribution is -2.07. The molecule has 0 aromatic heterocycles. The number of rotatable bonds is 5. The largest absolute Gasteiger partial charge is 0.469 e. The van der Waals surface area contributed by atoms with Crippen LogP contribution in [0.4, 0.5) is 4.39 Å². The van der Waals surface area contributed by atoms with E-state index in [0.717, 1.165) is 19.3 Å². The first-order valence-electron chi connectivity index (χ1n) is 6.90. The topological polar surface area (TPSA) is 26.3 Å². The van der Waals surface area contributed by atoms with E-state index < -0.39 is 0 Å². The highest BCUT2D eigenvalue weighted by Crippen LogP contribution is 2.46. The van der Waals surface area contributed by atoms with Crippen LogP contribution in [0.15, 0.2) is 18.2 Å². The molecule has 1 aliphatic carbocycles. The van der Waals surface area contributed by atoms with Crippen LogP contribution in [0.3, 0.4) is 0 Å². The molecule has 1 aliphatic rings. The zero-order valence-corrected chi connectivity index (χ0v) is 11.8. The molecular formula is C16H21FO2. The third-order valence-electron chi connectivity index (χ3n) is 4.16. The molecule has 0 N–H and O–H groups in total. The normalized spacial score (nSPS) is 22.9. The van der Waals surface area contributed by atoms with Crippen LogP contribution < -0.4 is 0 Å². The first-order valence-corrected chi connectivity index (χ1v) is 6.90. The average Bonchev–Trinajstić information content (AvgIpc) is 3.17. The Morgan fingerprint density at radius 2 is 2.26 bits per heavy atom. The number of hydrogen-bond donors (Lipinski definition) is 0. The third-order valence-corrected chi connectivity index (χ3v) is 4.16. The Labute approximate surface area is 114 Å². The van der Waals surface area contributed by atoms with Crippen LogP contribution in [0.5, 0.6) is 0 Å². The molecule has 1 fully saturated rings. The average molecular weight is 264 g/mol. The number of esters is 1. The van der Waals surface area contributed by atoms with Gasteiger partial charge in [-0.15, -0.1) is 0 Å². The Morgan fingerprint density at radius 3 is 2.84 bits per heavy atom. The number of carbonyl (C=O) groups excluding carboxylic acids is 1. The maximum Gasteiger partial charge on any atom is 0.308 e.